The molecule has 0 saturated carbocycles. The van der Waals surface area contributed by atoms with Crippen molar-refractivity contribution in [3.8, 4) is 0 Å². The first-order chi connectivity index (χ1) is 12.6. The fourth-order valence-corrected chi connectivity index (χ4v) is 2.49. The van der Waals surface area contributed by atoms with Gasteiger partial charge in [-0.2, -0.15) is 0 Å². The average molecular weight is 369 g/mol. The molecule has 0 aromatic heterocycles. The van der Waals surface area contributed by atoms with Gasteiger partial charge in [0, 0.05) is 6.42 Å². The Morgan fingerprint density at radius 1 is 0.808 bits per heavy atom. The second kappa shape index (κ2) is 18.5. The number of allylic oxidation sites excluding steroid dienone is 2. The van der Waals surface area contributed by atoms with Crippen molar-refractivity contribution in [2.45, 2.75) is 97.8 Å². The molecule has 0 heterocycles. The van der Waals surface area contributed by atoms with Crippen LogP contribution in [0, 0.1) is 5.92 Å². The van der Waals surface area contributed by atoms with Crippen molar-refractivity contribution in [2.24, 2.45) is 5.92 Å². The van der Waals surface area contributed by atoms with E-state index in [1.807, 2.05) is 13.8 Å². The van der Waals surface area contributed by atoms with Crippen molar-refractivity contribution in [3.63, 3.8) is 0 Å². The number of carbonyl (C=O) groups excluding carboxylic acids is 2. The molecule has 26 heavy (non-hydrogen) atoms. The molecule has 0 bridgehead atoms. The number of hydrogen-bond acceptors (Lipinski definition) is 4. The minimum Gasteiger partial charge on any atom is -0.462 e. The largest absolute Gasteiger partial charge is 0.462 e. The van der Waals surface area contributed by atoms with E-state index in [-0.39, 0.29) is 31.1 Å². The molecule has 0 N–H and O–H groups in total. The molecule has 0 spiro atoms. The van der Waals surface area contributed by atoms with Crippen molar-refractivity contribution in [3.05, 3.63) is 12.2 Å². The van der Waals surface area contributed by atoms with Gasteiger partial charge in [0.05, 0.1) is 5.92 Å². The molecule has 0 fully saturated rings. The first-order valence-corrected chi connectivity index (χ1v) is 10.6. The van der Waals surface area contributed by atoms with Gasteiger partial charge in [-0.3, -0.25) is 9.59 Å². The summed E-state index contributed by atoms with van der Waals surface area (Å²) in [5.41, 5.74) is 0. The van der Waals surface area contributed by atoms with Crippen LogP contribution in [0.1, 0.15) is 97.8 Å². The van der Waals surface area contributed by atoms with Gasteiger partial charge < -0.3 is 9.47 Å². The standard InChI is InChI=1S/C22H40O4/c1-4-6-7-8-9-10-11-12-13-14-15-16-17-21(23)25-18-19-26-22(24)20(3)5-2/h10-11,20H,4-9,12-19H2,1-3H3. The van der Waals surface area contributed by atoms with Gasteiger partial charge in [0.2, 0.25) is 0 Å². The summed E-state index contributed by atoms with van der Waals surface area (Å²) < 4.78 is 10.1. The van der Waals surface area contributed by atoms with Gasteiger partial charge >= 0.3 is 11.9 Å². The van der Waals surface area contributed by atoms with Crippen molar-refractivity contribution >= 4 is 11.9 Å². The highest BCUT2D eigenvalue weighted by molar-refractivity contribution is 5.72. The van der Waals surface area contributed by atoms with Crippen LogP contribution in [0.25, 0.3) is 0 Å². The average Bonchev–Trinajstić information content (AvgIpc) is 2.65. The molecular weight excluding hydrogens is 328 g/mol. The molecular formula is C22H40O4. The van der Waals surface area contributed by atoms with E-state index in [4.69, 9.17) is 9.47 Å². The van der Waals surface area contributed by atoms with E-state index >= 15 is 0 Å². The molecule has 0 radical (unpaired) electrons. The Morgan fingerprint density at radius 3 is 2.00 bits per heavy atom. The SMILES string of the molecule is CCCCCCC=CCCCCCCC(=O)OCCOC(=O)C(C)CC. The van der Waals surface area contributed by atoms with Gasteiger partial charge in [-0.25, -0.2) is 0 Å². The lowest BCUT2D eigenvalue weighted by Crippen LogP contribution is -2.18. The Labute approximate surface area is 160 Å². The van der Waals surface area contributed by atoms with Crippen molar-refractivity contribution in [2.75, 3.05) is 13.2 Å². The van der Waals surface area contributed by atoms with Crippen molar-refractivity contribution in [1.82, 2.24) is 0 Å². The Kier molecular flexibility index (Phi) is 17.5. The van der Waals surface area contributed by atoms with Crippen LogP contribution < -0.4 is 0 Å². The van der Waals surface area contributed by atoms with Crippen LogP contribution in [0.5, 0.6) is 0 Å². The zero-order valence-electron chi connectivity index (χ0n) is 17.3. The monoisotopic (exact) mass is 368 g/mol. The summed E-state index contributed by atoms with van der Waals surface area (Å²) >= 11 is 0. The lowest BCUT2D eigenvalue weighted by molar-refractivity contribution is -0.154. The zero-order valence-corrected chi connectivity index (χ0v) is 17.3. The third kappa shape index (κ3) is 16.2. The minimum atomic E-state index is -0.224. The second-order valence-electron chi connectivity index (χ2n) is 6.97. The number of rotatable bonds is 17. The normalized spacial score (nSPS) is 12.3. The third-order valence-electron chi connectivity index (χ3n) is 4.50. The molecule has 1 atom stereocenters. The van der Waals surface area contributed by atoms with Crippen LogP contribution in [-0.4, -0.2) is 25.2 Å². The van der Waals surface area contributed by atoms with Gasteiger partial charge in [-0.05, 0) is 38.5 Å². The van der Waals surface area contributed by atoms with Crippen LogP contribution in [0.15, 0.2) is 12.2 Å². The van der Waals surface area contributed by atoms with Gasteiger partial charge in [-0.15, -0.1) is 0 Å². The maximum atomic E-state index is 11.6. The van der Waals surface area contributed by atoms with Gasteiger partial charge in [0.15, 0.2) is 0 Å². The van der Waals surface area contributed by atoms with Crippen LogP contribution in [0.3, 0.4) is 0 Å². The molecule has 0 aromatic rings. The Bertz CT molecular complexity index is 376. The maximum absolute atomic E-state index is 11.6. The molecule has 0 aliphatic rings. The summed E-state index contributed by atoms with van der Waals surface area (Å²) in [5.74, 6) is -0.517. The number of unbranched alkanes of at least 4 members (excludes halogenated alkanes) is 8. The Balaban J connectivity index is 3.36. The highest BCUT2D eigenvalue weighted by atomic mass is 16.6. The molecule has 0 aromatic carbocycles. The van der Waals surface area contributed by atoms with E-state index in [9.17, 15) is 9.59 Å². The summed E-state index contributed by atoms with van der Waals surface area (Å²) in [5, 5.41) is 0. The summed E-state index contributed by atoms with van der Waals surface area (Å²) in [6.45, 7) is 6.32. The fraction of sp³-hybridized carbons (Fsp3) is 0.818. The van der Waals surface area contributed by atoms with Crippen LogP contribution in [0.4, 0.5) is 0 Å². The highest BCUT2D eigenvalue weighted by Gasteiger charge is 2.11. The summed E-state index contributed by atoms with van der Waals surface area (Å²) in [6.07, 6.45) is 17.7. The van der Waals surface area contributed by atoms with E-state index in [0.717, 1.165) is 32.1 Å². The molecule has 0 saturated heterocycles. The van der Waals surface area contributed by atoms with Gasteiger partial charge in [0.1, 0.15) is 13.2 Å². The topological polar surface area (TPSA) is 52.6 Å². The van der Waals surface area contributed by atoms with Crippen LogP contribution >= 0.6 is 0 Å². The number of hydrogen-bond donors (Lipinski definition) is 0. The second-order valence-corrected chi connectivity index (χ2v) is 6.97. The summed E-state index contributed by atoms with van der Waals surface area (Å²) in [4.78, 5) is 23.0. The molecule has 0 amide bonds. The van der Waals surface area contributed by atoms with E-state index in [1.54, 1.807) is 0 Å². The lowest BCUT2D eigenvalue weighted by atomic mass is 10.1. The molecule has 1 unspecified atom stereocenters. The Morgan fingerprint density at radius 2 is 1.38 bits per heavy atom. The molecule has 0 aliphatic carbocycles. The highest BCUT2D eigenvalue weighted by Crippen LogP contribution is 2.08. The molecule has 4 nitrogen and oxygen atoms in total. The fourth-order valence-electron chi connectivity index (χ4n) is 2.49. The van der Waals surface area contributed by atoms with Crippen LogP contribution in [-0.2, 0) is 19.1 Å². The molecule has 0 aliphatic heterocycles. The Hall–Kier alpha value is -1.32. The number of ether oxygens (including phenoxy) is 2. The number of esters is 2. The molecule has 152 valence electrons. The lowest BCUT2D eigenvalue weighted by Gasteiger charge is -2.09. The predicted molar refractivity (Wildman–Crippen MR) is 107 cm³/mol. The zero-order chi connectivity index (χ0) is 19.5. The number of carbonyl (C=O) groups is 2. The van der Waals surface area contributed by atoms with Gasteiger partial charge in [0.25, 0.3) is 0 Å². The van der Waals surface area contributed by atoms with Crippen LogP contribution in [0.2, 0.25) is 0 Å². The van der Waals surface area contributed by atoms with E-state index in [2.05, 4.69) is 19.1 Å². The van der Waals surface area contributed by atoms with E-state index in [1.165, 1.54) is 38.5 Å². The van der Waals surface area contributed by atoms with Gasteiger partial charge in [-0.1, -0.05) is 65.0 Å². The summed E-state index contributed by atoms with van der Waals surface area (Å²) in [7, 11) is 0. The first-order valence-electron chi connectivity index (χ1n) is 10.6. The van der Waals surface area contributed by atoms with E-state index in [0.29, 0.717) is 6.42 Å². The predicted octanol–water partition coefficient (Wildman–Crippen LogP) is 5.99. The smallest absolute Gasteiger partial charge is 0.308 e. The first kappa shape index (κ1) is 24.7. The van der Waals surface area contributed by atoms with Crippen molar-refractivity contribution in [1.29, 1.82) is 0 Å². The molecule has 0 rings (SSSR count). The quantitative estimate of drug-likeness (QED) is 0.180. The van der Waals surface area contributed by atoms with Crippen molar-refractivity contribution < 1.29 is 19.1 Å². The maximum Gasteiger partial charge on any atom is 0.308 e. The summed E-state index contributed by atoms with van der Waals surface area (Å²) in [6, 6.07) is 0. The third-order valence-corrected chi connectivity index (χ3v) is 4.50. The minimum absolute atomic E-state index is 0.0957. The van der Waals surface area contributed by atoms with E-state index < -0.39 is 0 Å². The molecule has 4 heteroatoms.